The molecule has 1 aliphatic rings. The van der Waals surface area contributed by atoms with E-state index in [1.165, 1.54) is 14.1 Å². The molecule has 1 rings (SSSR count). The maximum absolute atomic E-state index is 11.4. The van der Waals surface area contributed by atoms with Gasteiger partial charge in [-0.1, -0.05) is 0 Å². The van der Waals surface area contributed by atoms with E-state index in [0.717, 1.165) is 10.7 Å². The Balaban J connectivity index is 2.81. The second-order valence-electron chi connectivity index (χ2n) is 3.63. The Hall–Kier alpha value is -0.660. The first kappa shape index (κ1) is 11.4. The van der Waals surface area contributed by atoms with Gasteiger partial charge in [0, 0.05) is 14.1 Å². The lowest BCUT2D eigenvalue weighted by atomic mass is 9.78. The Bertz CT molecular complexity index is 332. The molecule has 0 radical (unpaired) electrons. The van der Waals surface area contributed by atoms with Crippen molar-refractivity contribution in [3.05, 3.63) is 0 Å². The molecule has 0 amide bonds. The minimum absolute atomic E-state index is 0.357. The predicted molar refractivity (Wildman–Crippen MR) is 50.0 cm³/mol. The molecule has 1 aliphatic carbocycles. The summed E-state index contributed by atoms with van der Waals surface area (Å²) in [6, 6.07) is 0. The van der Waals surface area contributed by atoms with Crippen LogP contribution in [0.15, 0.2) is 0 Å². The number of carboxylic acid groups (broad SMARTS) is 1. The first-order valence-electron chi connectivity index (χ1n) is 4.25. The number of aliphatic carboxylic acids is 1. The average molecular weight is 222 g/mol. The van der Waals surface area contributed by atoms with Gasteiger partial charge in [-0.2, -0.15) is 17.4 Å². The molecule has 7 heteroatoms. The van der Waals surface area contributed by atoms with Crippen molar-refractivity contribution in [2.45, 2.75) is 24.8 Å². The van der Waals surface area contributed by atoms with Crippen molar-refractivity contribution in [2.24, 2.45) is 0 Å². The zero-order chi connectivity index (χ0) is 11.0. The Morgan fingerprint density at radius 2 is 1.93 bits per heavy atom. The predicted octanol–water partition coefficient (Wildman–Crippen LogP) is -0.610. The topological polar surface area (TPSA) is 86.7 Å². The highest BCUT2D eigenvalue weighted by atomic mass is 32.2. The number of hydrogen-bond donors (Lipinski definition) is 2. The van der Waals surface area contributed by atoms with Crippen LogP contribution < -0.4 is 4.72 Å². The molecular weight excluding hydrogens is 208 g/mol. The summed E-state index contributed by atoms with van der Waals surface area (Å²) < 4.78 is 26.0. The Morgan fingerprint density at radius 3 is 2.14 bits per heavy atom. The minimum atomic E-state index is -3.66. The molecule has 0 spiro atoms. The van der Waals surface area contributed by atoms with E-state index in [4.69, 9.17) is 5.11 Å². The van der Waals surface area contributed by atoms with Gasteiger partial charge in [-0.25, -0.2) is 0 Å². The zero-order valence-corrected chi connectivity index (χ0v) is 8.97. The van der Waals surface area contributed by atoms with Gasteiger partial charge >= 0.3 is 5.97 Å². The van der Waals surface area contributed by atoms with E-state index in [1.807, 2.05) is 0 Å². The van der Waals surface area contributed by atoms with E-state index in [0.29, 0.717) is 12.8 Å². The molecule has 0 aromatic heterocycles. The van der Waals surface area contributed by atoms with Crippen LogP contribution in [-0.2, 0) is 15.0 Å². The van der Waals surface area contributed by atoms with Gasteiger partial charge in [0.1, 0.15) is 5.54 Å². The van der Waals surface area contributed by atoms with Crippen molar-refractivity contribution < 1.29 is 18.3 Å². The fraction of sp³-hybridized carbons (Fsp3) is 0.857. The van der Waals surface area contributed by atoms with E-state index >= 15 is 0 Å². The first-order chi connectivity index (χ1) is 6.30. The number of nitrogens with one attached hydrogen (secondary N) is 1. The van der Waals surface area contributed by atoms with Gasteiger partial charge in [0.2, 0.25) is 0 Å². The minimum Gasteiger partial charge on any atom is -0.480 e. The number of carbonyl (C=O) groups is 1. The van der Waals surface area contributed by atoms with E-state index in [9.17, 15) is 13.2 Å². The standard InChI is InChI=1S/C7H14N2O4S/c1-9(2)14(12,13)8-7(6(10)11)4-3-5-7/h8H,3-5H2,1-2H3,(H,10,11). The summed E-state index contributed by atoms with van der Waals surface area (Å²) in [6.45, 7) is 0. The number of nitrogens with zero attached hydrogens (tertiary/aromatic N) is 1. The number of hydrogen-bond acceptors (Lipinski definition) is 3. The zero-order valence-electron chi connectivity index (χ0n) is 8.15. The van der Waals surface area contributed by atoms with Crippen LogP contribution in [0, 0.1) is 0 Å². The van der Waals surface area contributed by atoms with Gasteiger partial charge in [0.25, 0.3) is 10.2 Å². The van der Waals surface area contributed by atoms with Crippen LogP contribution in [0.1, 0.15) is 19.3 Å². The molecule has 0 unspecified atom stereocenters. The summed E-state index contributed by atoms with van der Waals surface area (Å²) in [5.74, 6) is -1.10. The van der Waals surface area contributed by atoms with E-state index in [1.54, 1.807) is 0 Å². The largest absolute Gasteiger partial charge is 0.480 e. The molecule has 14 heavy (non-hydrogen) atoms. The third-order valence-corrected chi connectivity index (χ3v) is 4.03. The molecule has 0 aromatic rings. The van der Waals surface area contributed by atoms with Crippen LogP contribution >= 0.6 is 0 Å². The molecule has 0 saturated heterocycles. The SMILES string of the molecule is CN(C)S(=O)(=O)NC1(C(=O)O)CCC1. The number of carboxylic acids is 1. The molecule has 0 heterocycles. The van der Waals surface area contributed by atoms with Gasteiger partial charge < -0.3 is 5.11 Å². The number of rotatable bonds is 4. The third kappa shape index (κ3) is 1.89. The lowest BCUT2D eigenvalue weighted by Crippen LogP contribution is -2.60. The van der Waals surface area contributed by atoms with Crippen LogP contribution in [0.25, 0.3) is 0 Å². The maximum atomic E-state index is 11.4. The molecule has 0 aromatic carbocycles. The van der Waals surface area contributed by atoms with Crippen molar-refractivity contribution in [3.63, 3.8) is 0 Å². The first-order valence-corrected chi connectivity index (χ1v) is 5.69. The van der Waals surface area contributed by atoms with Gasteiger partial charge in [-0.3, -0.25) is 4.79 Å². The molecule has 0 atom stereocenters. The fourth-order valence-electron chi connectivity index (χ4n) is 1.23. The second-order valence-corrected chi connectivity index (χ2v) is 5.51. The molecule has 0 aliphatic heterocycles. The van der Waals surface area contributed by atoms with Crippen LogP contribution in [0.3, 0.4) is 0 Å². The molecule has 6 nitrogen and oxygen atoms in total. The van der Waals surface area contributed by atoms with E-state index in [-0.39, 0.29) is 0 Å². The smallest absolute Gasteiger partial charge is 0.324 e. The summed E-state index contributed by atoms with van der Waals surface area (Å²) in [5.41, 5.74) is -1.27. The van der Waals surface area contributed by atoms with Gasteiger partial charge in [-0.05, 0) is 19.3 Å². The maximum Gasteiger partial charge on any atom is 0.324 e. The highest BCUT2D eigenvalue weighted by Gasteiger charge is 2.47. The Morgan fingerprint density at radius 1 is 1.43 bits per heavy atom. The van der Waals surface area contributed by atoms with Gasteiger partial charge in [0.15, 0.2) is 0 Å². The lowest BCUT2D eigenvalue weighted by molar-refractivity contribution is -0.147. The van der Waals surface area contributed by atoms with Crippen molar-refractivity contribution in [3.8, 4) is 0 Å². The third-order valence-electron chi connectivity index (χ3n) is 2.42. The van der Waals surface area contributed by atoms with Crippen LogP contribution in [0.5, 0.6) is 0 Å². The fourth-order valence-corrected chi connectivity index (χ4v) is 2.20. The van der Waals surface area contributed by atoms with Crippen LogP contribution in [0.2, 0.25) is 0 Å². The highest BCUT2D eigenvalue weighted by molar-refractivity contribution is 7.87. The normalized spacial score (nSPS) is 20.5. The summed E-state index contributed by atoms with van der Waals surface area (Å²) in [4.78, 5) is 10.9. The van der Waals surface area contributed by atoms with Gasteiger partial charge in [0.05, 0.1) is 0 Å². The van der Waals surface area contributed by atoms with Crippen molar-refractivity contribution in [1.29, 1.82) is 0 Å². The molecule has 0 bridgehead atoms. The summed E-state index contributed by atoms with van der Waals surface area (Å²) in [6.07, 6.45) is 1.45. The molecule has 82 valence electrons. The molecule has 2 N–H and O–H groups in total. The summed E-state index contributed by atoms with van der Waals surface area (Å²) >= 11 is 0. The van der Waals surface area contributed by atoms with Crippen LogP contribution in [0.4, 0.5) is 0 Å². The van der Waals surface area contributed by atoms with E-state index in [2.05, 4.69) is 4.72 Å². The summed E-state index contributed by atoms with van der Waals surface area (Å²) in [5, 5.41) is 8.88. The van der Waals surface area contributed by atoms with Crippen molar-refractivity contribution in [2.75, 3.05) is 14.1 Å². The second kappa shape index (κ2) is 3.48. The van der Waals surface area contributed by atoms with Crippen molar-refractivity contribution >= 4 is 16.2 Å². The monoisotopic (exact) mass is 222 g/mol. The molecular formula is C7H14N2O4S. The van der Waals surface area contributed by atoms with E-state index < -0.39 is 21.7 Å². The lowest BCUT2D eigenvalue weighted by Gasteiger charge is -2.38. The van der Waals surface area contributed by atoms with Crippen LogP contribution in [-0.4, -0.2) is 43.4 Å². The Labute approximate surface area is 83.1 Å². The molecule has 1 fully saturated rings. The summed E-state index contributed by atoms with van der Waals surface area (Å²) in [7, 11) is -0.944. The van der Waals surface area contributed by atoms with Crippen molar-refractivity contribution in [1.82, 2.24) is 9.03 Å². The molecule has 1 saturated carbocycles. The van der Waals surface area contributed by atoms with Gasteiger partial charge in [-0.15, -0.1) is 0 Å². The highest BCUT2D eigenvalue weighted by Crippen LogP contribution is 2.32. The average Bonchev–Trinajstić information content (AvgIpc) is 1.95. The Kier molecular flexibility index (Phi) is 2.84. The quantitative estimate of drug-likeness (QED) is 0.664.